The third kappa shape index (κ3) is 3.87. The van der Waals surface area contributed by atoms with Gasteiger partial charge < -0.3 is 0 Å². The number of benzene rings is 2. The molecule has 0 aliphatic rings. The molecule has 0 aliphatic carbocycles. The fourth-order valence-electron chi connectivity index (χ4n) is 2.32. The summed E-state index contributed by atoms with van der Waals surface area (Å²) < 4.78 is 2.40. The molecule has 2 aromatic carbocycles. The maximum absolute atomic E-state index is 12.5. The van der Waals surface area contributed by atoms with Gasteiger partial charge in [0.1, 0.15) is 0 Å². The number of hydrogen-bond donors (Lipinski definition) is 2. The maximum atomic E-state index is 12.5. The zero-order valence-corrected chi connectivity index (χ0v) is 15.5. The van der Waals surface area contributed by atoms with Crippen molar-refractivity contribution in [1.82, 2.24) is 15.2 Å². The van der Waals surface area contributed by atoms with E-state index < -0.39 is 0 Å². The second-order valence-electron chi connectivity index (χ2n) is 5.34. The van der Waals surface area contributed by atoms with Crippen LogP contribution in [0.3, 0.4) is 0 Å². The normalized spacial score (nSPS) is 11.0. The number of rotatable bonds is 4. The lowest BCUT2D eigenvalue weighted by Gasteiger charge is -2.00. The summed E-state index contributed by atoms with van der Waals surface area (Å²) in [7, 11) is 0. The van der Waals surface area contributed by atoms with E-state index in [-0.39, 0.29) is 11.5 Å². The first-order valence-electron chi connectivity index (χ1n) is 7.52. The Morgan fingerprint density at radius 3 is 2.68 bits per heavy atom. The lowest BCUT2D eigenvalue weighted by molar-refractivity contribution is 0.0955. The van der Waals surface area contributed by atoms with Crippen molar-refractivity contribution in [2.45, 2.75) is 6.92 Å². The average molecular weight is 446 g/mol. The van der Waals surface area contributed by atoms with Gasteiger partial charge >= 0.3 is 0 Å². The van der Waals surface area contributed by atoms with Gasteiger partial charge in [0.25, 0.3) is 11.5 Å². The van der Waals surface area contributed by atoms with Crippen LogP contribution >= 0.6 is 22.6 Å². The van der Waals surface area contributed by atoms with E-state index in [0.29, 0.717) is 16.8 Å². The number of aromatic nitrogens is 2. The van der Waals surface area contributed by atoms with Crippen LogP contribution in [-0.2, 0) is 0 Å². The maximum Gasteiger partial charge on any atom is 0.280 e. The van der Waals surface area contributed by atoms with Gasteiger partial charge in [0.2, 0.25) is 0 Å². The Balaban J connectivity index is 1.79. The topological polar surface area (TPSA) is 79.2 Å². The molecule has 0 atom stereocenters. The number of hydrazone groups is 1. The molecule has 1 heterocycles. The van der Waals surface area contributed by atoms with Crippen LogP contribution < -0.4 is 11.0 Å². The molecule has 1 aromatic heterocycles. The van der Waals surface area contributed by atoms with Crippen LogP contribution in [0.25, 0.3) is 5.69 Å². The van der Waals surface area contributed by atoms with E-state index in [0.717, 1.165) is 9.26 Å². The van der Waals surface area contributed by atoms with E-state index in [1.165, 1.54) is 10.9 Å². The van der Waals surface area contributed by atoms with Crippen molar-refractivity contribution in [3.05, 3.63) is 85.3 Å². The number of halogens is 1. The third-order valence-electron chi connectivity index (χ3n) is 3.58. The number of H-pyrrole nitrogens is 1. The predicted molar refractivity (Wildman–Crippen MR) is 105 cm³/mol. The van der Waals surface area contributed by atoms with Crippen LogP contribution in [0.15, 0.2) is 64.5 Å². The molecule has 1 amide bonds. The van der Waals surface area contributed by atoms with E-state index in [2.05, 4.69) is 38.2 Å². The average Bonchev–Trinajstić information content (AvgIpc) is 2.90. The van der Waals surface area contributed by atoms with Crippen LogP contribution in [-0.4, -0.2) is 21.9 Å². The zero-order valence-electron chi connectivity index (χ0n) is 13.4. The Labute approximate surface area is 157 Å². The molecule has 0 saturated heterocycles. The first-order chi connectivity index (χ1) is 12.1. The lowest BCUT2D eigenvalue weighted by Crippen LogP contribution is -2.20. The molecule has 0 radical (unpaired) electrons. The molecule has 25 heavy (non-hydrogen) atoms. The molecule has 3 aromatic rings. The molecule has 0 spiro atoms. The SMILES string of the molecule is Cc1[nH]n(-c2ccccc2)c(=O)c1/C=N/NC(=O)c1cccc(I)c1. The van der Waals surface area contributed by atoms with Gasteiger partial charge in [-0.05, 0) is 59.8 Å². The van der Waals surface area contributed by atoms with E-state index in [9.17, 15) is 9.59 Å². The standard InChI is InChI=1S/C18H15IN4O2/c1-12-16(18(25)23(22-12)15-8-3-2-4-9-15)11-20-21-17(24)13-6-5-7-14(19)10-13/h2-11,22H,1H3,(H,21,24)/b20-11+. The molecule has 0 saturated carbocycles. The fraction of sp³-hybridized carbons (Fsp3) is 0.0556. The highest BCUT2D eigenvalue weighted by Gasteiger charge is 2.10. The monoisotopic (exact) mass is 446 g/mol. The molecule has 7 heteroatoms. The van der Waals surface area contributed by atoms with E-state index in [4.69, 9.17) is 0 Å². The third-order valence-corrected chi connectivity index (χ3v) is 4.25. The predicted octanol–water partition coefficient (Wildman–Crippen LogP) is 2.84. The summed E-state index contributed by atoms with van der Waals surface area (Å²) in [6, 6.07) is 16.4. The molecule has 0 bridgehead atoms. The number of hydrogen-bond acceptors (Lipinski definition) is 3. The largest absolute Gasteiger partial charge is 0.295 e. The van der Waals surface area contributed by atoms with E-state index in [1.54, 1.807) is 25.1 Å². The molecule has 126 valence electrons. The van der Waals surface area contributed by atoms with Crippen molar-refractivity contribution in [3.63, 3.8) is 0 Å². The van der Waals surface area contributed by atoms with E-state index in [1.807, 2.05) is 36.4 Å². The van der Waals surface area contributed by atoms with Crippen molar-refractivity contribution < 1.29 is 4.79 Å². The number of aromatic amines is 1. The van der Waals surface area contributed by atoms with Gasteiger partial charge in [0, 0.05) is 14.8 Å². The van der Waals surface area contributed by atoms with Crippen molar-refractivity contribution in [2.75, 3.05) is 0 Å². The number of nitrogens with one attached hydrogen (secondary N) is 2. The Bertz CT molecular complexity index is 990. The van der Waals surface area contributed by atoms with Crippen LogP contribution in [0.1, 0.15) is 21.6 Å². The first-order valence-corrected chi connectivity index (χ1v) is 8.60. The summed E-state index contributed by atoms with van der Waals surface area (Å²) in [5.41, 5.74) is 4.53. The molecule has 0 unspecified atom stereocenters. The minimum absolute atomic E-state index is 0.226. The molecule has 3 rings (SSSR count). The first kappa shape index (κ1) is 17.2. The molecule has 0 fully saturated rings. The van der Waals surface area contributed by atoms with Crippen molar-refractivity contribution >= 4 is 34.7 Å². The molecular formula is C18H15IN4O2. The molecular weight excluding hydrogens is 431 g/mol. The minimum Gasteiger partial charge on any atom is -0.295 e. The van der Waals surface area contributed by atoms with E-state index >= 15 is 0 Å². The summed E-state index contributed by atoms with van der Waals surface area (Å²) in [5.74, 6) is -0.327. The van der Waals surface area contributed by atoms with Gasteiger partial charge in [0.15, 0.2) is 0 Å². The van der Waals surface area contributed by atoms with Crippen molar-refractivity contribution in [2.24, 2.45) is 5.10 Å². The Hall–Kier alpha value is -2.68. The Morgan fingerprint density at radius 2 is 1.96 bits per heavy atom. The second kappa shape index (κ2) is 7.47. The zero-order chi connectivity index (χ0) is 17.8. The number of carbonyl (C=O) groups excluding carboxylic acids is 1. The number of nitrogens with zero attached hydrogens (tertiary/aromatic N) is 2. The molecule has 6 nitrogen and oxygen atoms in total. The van der Waals surface area contributed by atoms with Gasteiger partial charge in [-0.1, -0.05) is 24.3 Å². The summed E-state index contributed by atoms with van der Waals surface area (Å²) in [6.07, 6.45) is 1.36. The van der Waals surface area contributed by atoms with Gasteiger partial charge in [0.05, 0.1) is 17.5 Å². The van der Waals surface area contributed by atoms with Crippen LogP contribution in [0.4, 0.5) is 0 Å². The molecule has 0 aliphatic heterocycles. The van der Waals surface area contributed by atoms with Crippen LogP contribution in [0.5, 0.6) is 0 Å². The lowest BCUT2D eigenvalue weighted by atomic mass is 10.2. The summed E-state index contributed by atoms with van der Waals surface area (Å²) >= 11 is 2.14. The number of amides is 1. The van der Waals surface area contributed by atoms with Crippen molar-refractivity contribution in [3.8, 4) is 5.69 Å². The Kier molecular flexibility index (Phi) is 5.13. The van der Waals surface area contributed by atoms with Crippen LogP contribution in [0.2, 0.25) is 0 Å². The smallest absolute Gasteiger partial charge is 0.280 e. The number of aryl methyl sites for hydroxylation is 1. The highest BCUT2D eigenvalue weighted by atomic mass is 127. The van der Waals surface area contributed by atoms with Gasteiger partial charge in [-0.2, -0.15) is 5.10 Å². The van der Waals surface area contributed by atoms with Gasteiger partial charge in [-0.25, -0.2) is 10.1 Å². The van der Waals surface area contributed by atoms with Gasteiger partial charge in [-0.3, -0.25) is 14.7 Å². The van der Waals surface area contributed by atoms with Crippen molar-refractivity contribution in [1.29, 1.82) is 0 Å². The summed E-state index contributed by atoms with van der Waals surface area (Å²) in [6.45, 7) is 1.78. The summed E-state index contributed by atoms with van der Waals surface area (Å²) in [4.78, 5) is 24.6. The van der Waals surface area contributed by atoms with Crippen LogP contribution in [0, 0.1) is 10.5 Å². The number of para-hydroxylation sites is 1. The quantitative estimate of drug-likeness (QED) is 0.367. The van der Waals surface area contributed by atoms with Gasteiger partial charge in [-0.15, -0.1) is 0 Å². The number of carbonyl (C=O) groups is 1. The molecule has 2 N–H and O–H groups in total. The minimum atomic E-state index is -0.327. The second-order valence-corrected chi connectivity index (χ2v) is 6.58. The highest BCUT2D eigenvalue weighted by Crippen LogP contribution is 2.08. The summed E-state index contributed by atoms with van der Waals surface area (Å²) in [5, 5.41) is 6.92. The highest BCUT2D eigenvalue weighted by molar-refractivity contribution is 14.1. The Morgan fingerprint density at radius 1 is 1.20 bits per heavy atom. The fourth-order valence-corrected chi connectivity index (χ4v) is 2.86.